The van der Waals surface area contributed by atoms with Crippen molar-refractivity contribution in [2.24, 2.45) is 0 Å². The zero-order valence-corrected chi connectivity index (χ0v) is 9.67. The van der Waals surface area contributed by atoms with Crippen molar-refractivity contribution in [1.29, 1.82) is 0 Å². The molecule has 0 atom stereocenters. The number of carbonyl (C=O) groups is 1. The number of hydrogen-bond donors (Lipinski definition) is 0. The highest BCUT2D eigenvalue weighted by Gasteiger charge is 2.07. The monoisotopic (exact) mass is 230 g/mol. The molecule has 0 aliphatic heterocycles. The van der Waals surface area contributed by atoms with E-state index >= 15 is 0 Å². The molecular formula is C13H14N2O2. The van der Waals surface area contributed by atoms with Gasteiger partial charge in [-0.1, -0.05) is 18.2 Å². The largest absolute Gasteiger partial charge is 0.469 e. The van der Waals surface area contributed by atoms with Gasteiger partial charge in [0.1, 0.15) is 0 Å². The van der Waals surface area contributed by atoms with Crippen LogP contribution in [-0.2, 0) is 16.0 Å². The molecule has 1 heterocycles. The van der Waals surface area contributed by atoms with Gasteiger partial charge in [-0.3, -0.25) is 4.79 Å². The third-order valence-corrected chi connectivity index (χ3v) is 2.53. The maximum absolute atomic E-state index is 11.1. The SMILES string of the molecule is COC(=O)CCc1ccnn1-c1ccccc1. The van der Waals surface area contributed by atoms with Gasteiger partial charge in [0, 0.05) is 18.3 Å². The number of nitrogens with zero attached hydrogens (tertiary/aromatic N) is 2. The zero-order valence-electron chi connectivity index (χ0n) is 9.67. The number of benzene rings is 1. The second kappa shape index (κ2) is 5.30. The van der Waals surface area contributed by atoms with Gasteiger partial charge in [0.25, 0.3) is 0 Å². The average Bonchev–Trinajstić information content (AvgIpc) is 2.85. The molecule has 0 bridgehead atoms. The topological polar surface area (TPSA) is 44.1 Å². The Hall–Kier alpha value is -2.10. The van der Waals surface area contributed by atoms with Crippen molar-refractivity contribution < 1.29 is 9.53 Å². The fourth-order valence-corrected chi connectivity index (χ4v) is 1.65. The molecular weight excluding hydrogens is 216 g/mol. The van der Waals surface area contributed by atoms with Gasteiger partial charge in [0.15, 0.2) is 0 Å². The van der Waals surface area contributed by atoms with E-state index in [1.54, 1.807) is 6.20 Å². The Kier molecular flexibility index (Phi) is 3.55. The summed E-state index contributed by atoms with van der Waals surface area (Å²) in [6, 6.07) is 11.8. The second-order valence-electron chi connectivity index (χ2n) is 3.65. The first-order valence-electron chi connectivity index (χ1n) is 5.46. The number of carbonyl (C=O) groups excluding carboxylic acids is 1. The normalized spacial score (nSPS) is 10.2. The highest BCUT2D eigenvalue weighted by molar-refractivity contribution is 5.69. The van der Waals surface area contributed by atoms with Gasteiger partial charge in [0.2, 0.25) is 0 Å². The van der Waals surface area contributed by atoms with Crippen molar-refractivity contribution in [1.82, 2.24) is 9.78 Å². The van der Waals surface area contributed by atoms with E-state index in [0.29, 0.717) is 12.8 Å². The lowest BCUT2D eigenvalue weighted by Gasteiger charge is -2.06. The van der Waals surface area contributed by atoms with Crippen LogP contribution in [0.15, 0.2) is 42.6 Å². The lowest BCUT2D eigenvalue weighted by atomic mass is 10.2. The Morgan fingerprint density at radius 1 is 1.29 bits per heavy atom. The summed E-state index contributed by atoms with van der Waals surface area (Å²) in [7, 11) is 1.40. The first kappa shape index (κ1) is 11.4. The molecule has 0 aliphatic rings. The molecule has 0 unspecified atom stereocenters. The number of hydrogen-bond acceptors (Lipinski definition) is 3. The molecule has 2 rings (SSSR count). The highest BCUT2D eigenvalue weighted by atomic mass is 16.5. The van der Waals surface area contributed by atoms with Crippen LogP contribution in [0.4, 0.5) is 0 Å². The molecule has 0 amide bonds. The van der Waals surface area contributed by atoms with Crippen LogP contribution in [-0.4, -0.2) is 22.9 Å². The van der Waals surface area contributed by atoms with Gasteiger partial charge in [-0.25, -0.2) is 4.68 Å². The molecule has 17 heavy (non-hydrogen) atoms. The lowest BCUT2D eigenvalue weighted by Crippen LogP contribution is -2.06. The third-order valence-electron chi connectivity index (χ3n) is 2.53. The van der Waals surface area contributed by atoms with E-state index in [2.05, 4.69) is 9.84 Å². The van der Waals surface area contributed by atoms with E-state index in [1.807, 2.05) is 41.1 Å². The van der Waals surface area contributed by atoms with Gasteiger partial charge >= 0.3 is 5.97 Å². The third kappa shape index (κ3) is 2.72. The summed E-state index contributed by atoms with van der Waals surface area (Å²) in [5, 5.41) is 4.25. The predicted octanol–water partition coefficient (Wildman–Crippen LogP) is 1.98. The minimum Gasteiger partial charge on any atom is -0.469 e. The van der Waals surface area contributed by atoms with Crippen LogP contribution in [0.3, 0.4) is 0 Å². The number of methoxy groups -OCH3 is 1. The molecule has 1 aromatic carbocycles. The van der Waals surface area contributed by atoms with Crippen molar-refractivity contribution in [3.63, 3.8) is 0 Å². The van der Waals surface area contributed by atoms with Crippen LogP contribution < -0.4 is 0 Å². The van der Waals surface area contributed by atoms with E-state index in [4.69, 9.17) is 0 Å². The van der Waals surface area contributed by atoms with E-state index in [0.717, 1.165) is 11.4 Å². The standard InChI is InChI=1S/C13H14N2O2/c1-17-13(16)8-7-12-9-10-14-15(12)11-5-3-2-4-6-11/h2-6,9-10H,7-8H2,1H3. The van der Waals surface area contributed by atoms with E-state index in [9.17, 15) is 4.79 Å². The first-order valence-corrected chi connectivity index (χ1v) is 5.46. The Morgan fingerprint density at radius 2 is 2.06 bits per heavy atom. The molecule has 88 valence electrons. The van der Waals surface area contributed by atoms with Crippen LogP contribution >= 0.6 is 0 Å². The van der Waals surface area contributed by atoms with Crippen LogP contribution in [0.5, 0.6) is 0 Å². The first-order chi connectivity index (χ1) is 8.31. The molecule has 0 fully saturated rings. The van der Waals surface area contributed by atoms with Crippen LogP contribution in [0.1, 0.15) is 12.1 Å². The second-order valence-corrected chi connectivity index (χ2v) is 3.65. The molecule has 0 saturated heterocycles. The van der Waals surface area contributed by atoms with E-state index in [-0.39, 0.29) is 5.97 Å². The Balaban J connectivity index is 2.15. The van der Waals surface area contributed by atoms with Crippen molar-refractivity contribution >= 4 is 5.97 Å². The summed E-state index contributed by atoms with van der Waals surface area (Å²) in [6.45, 7) is 0. The van der Waals surface area contributed by atoms with Crippen molar-refractivity contribution in [2.45, 2.75) is 12.8 Å². The van der Waals surface area contributed by atoms with Crippen LogP contribution in [0.2, 0.25) is 0 Å². The average molecular weight is 230 g/mol. The van der Waals surface area contributed by atoms with Gasteiger partial charge in [0.05, 0.1) is 19.2 Å². The maximum Gasteiger partial charge on any atom is 0.305 e. The maximum atomic E-state index is 11.1. The molecule has 4 heteroatoms. The predicted molar refractivity (Wildman–Crippen MR) is 63.9 cm³/mol. The molecule has 0 aliphatic carbocycles. The Morgan fingerprint density at radius 3 is 2.76 bits per heavy atom. The molecule has 4 nitrogen and oxygen atoms in total. The number of para-hydroxylation sites is 1. The molecule has 0 saturated carbocycles. The summed E-state index contributed by atoms with van der Waals surface area (Å²) in [6.07, 6.45) is 2.73. The summed E-state index contributed by atoms with van der Waals surface area (Å²) in [4.78, 5) is 11.1. The summed E-state index contributed by atoms with van der Waals surface area (Å²) >= 11 is 0. The lowest BCUT2D eigenvalue weighted by molar-refractivity contribution is -0.140. The number of rotatable bonds is 4. The number of ether oxygens (including phenoxy) is 1. The van der Waals surface area contributed by atoms with Crippen LogP contribution in [0, 0.1) is 0 Å². The fraction of sp³-hybridized carbons (Fsp3) is 0.231. The van der Waals surface area contributed by atoms with Gasteiger partial charge in [-0.15, -0.1) is 0 Å². The van der Waals surface area contributed by atoms with Crippen LogP contribution in [0.25, 0.3) is 5.69 Å². The molecule has 0 radical (unpaired) electrons. The minimum absolute atomic E-state index is 0.203. The molecule has 0 spiro atoms. The Bertz CT molecular complexity index is 491. The van der Waals surface area contributed by atoms with E-state index < -0.39 is 0 Å². The minimum atomic E-state index is -0.203. The fourth-order valence-electron chi connectivity index (χ4n) is 1.65. The number of aryl methyl sites for hydroxylation is 1. The quantitative estimate of drug-likeness (QED) is 0.754. The van der Waals surface area contributed by atoms with E-state index in [1.165, 1.54) is 7.11 Å². The number of aromatic nitrogens is 2. The zero-order chi connectivity index (χ0) is 12.1. The van der Waals surface area contributed by atoms with Gasteiger partial charge in [-0.05, 0) is 18.2 Å². The summed E-state index contributed by atoms with van der Waals surface area (Å²) in [5.41, 5.74) is 2.00. The van der Waals surface area contributed by atoms with Crippen molar-refractivity contribution in [3.8, 4) is 5.69 Å². The summed E-state index contributed by atoms with van der Waals surface area (Å²) < 4.78 is 6.46. The molecule has 1 aromatic heterocycles. The number of esters is 1. The van der Waals surface area contributed by atoms with Gasteiger partial charge in [-0.2, -0.15) is 5.10 Å². The van der Waals surface area contributed by atoms with Crippen molar-refractivity contribution in [3.05, 3.63) is 48.3 Å². The molecule has 0 N–H and O–H groups in total. The van der Waals surface area contributed by atoms with Crippen molar-refractivity contribution in [2.75, 3.05) is 7.11 Å². The highest BCUT2D eigenvalue weighted by Crippen LogP contribution is 2.11. The smallest absolute Gasteiger partial charge is 0.305 e. The summed E-state index contributed by atoms with van der Waals surface area (Å²) in [5.74, 6) is -0.203. The Labute approximate surface area is 99.8 Å². The molecule has 2 aromatic rings. The van der Waals surface area contributed by atoms with Gasteiger partial charge < -0.3 is 4.74 Å².